The van der Waals surface area contributed by atoms with Crippen molar-refractivity contribution in [3.8, 4) is 0 Å². The second kappa shape index (κ2) is 3.71. The Morgan fingerprint density at radius 1 is 1.31 bits per heavy atom. The summed E-state index contributed by atoms with van der Waals surface area (Å²) in [5.41, 5.74) is 2.20. The van der Waals surface area contributed by atoms with Crippen LogP contribution in [-0.4, -0.2) is 15.2 Å². The minimum Gasteiger partial charge on any atom is -0.378 e. The third-order valence-corrected chi connectivity index (χ3v) is 1.74. The normalized spacial score (nSPS) is 9.85. The van der Waals surface area contributed by atoms with Crippen molar-refractivity contribution in [1.82, 2.24) is 15.2 Å². The molecule has 0 radical (unpaired) electrons. The zero-order chi connectivity index (χ0) is 8.93. The van der Waals surface area contributed by atoms with Crippen LogP contribution in [-0.2, 0) is 6.54 Å². The first-order valence-corrected chi connectivity index (χ1v) is 4.07. The molecule has 2 aromatic rings. The monoisotopic (exact) mass is 174 g/mol. The van der Waals surface area contributed by atoms with Crippen molar-refractivity contribution in [3.05, 3.63) is 42.5 Å². The lowest BCUT2D eigenvalue weighted by atomic mass is 10.3. The number of pyridine rings is 1. The number of hydrogen-bond donors (Lipinski definition) is 2. The summed E-state index contributed by atoms with van der Waals surface area (Å²) in [7, 11) is 0. The van der Waals surface area contributed by atoms with Crippen LogP contribution in [0, 0.1) is 0 Å². The number of rotatable bonds is 3. The number of aromatic amines is 1. The van der Waals surface area contributed by atoms with E-state index in [1.807, 2.05) is 18.3 Å². The summed E-state index contributed by atoms with van der Waals surface area (Å²) < 4.78 is 0. The third-order valence-electron chi connectivity index (χ3n) is 1.74. The van der Waals surface area contributed by atoms with Crippen LogP contribution < -0.4 is 5.32 Å². The average Bonchev–Trinajstić information content (AvgIpc) is 2.69. The largest absolute Gasteiger partial charge is 0.378 e. The van der Waals surface area contributed by atoms with Crippen molar-refractivity contribution in [3.63, 3.8) is 0 Å². The molecule has 0 aliphatic carbocycles. The van der Waals surface area contributed by atoms with Crippen molar-refractivity contribution >= 4 is 5.69 Å². The minimum atomic E-state index is 0.794. The summed E-state index contributed by atoms with van der Waals surface area (Å²) in [6.07, 6.45) is 7.14. The quantitative estimate of drug-likeness (QED) is 0.739. The highest BCUT2D eigenvalue weighted by Crippen LogP contribution is 2.04. The Morgan fingerprint density at radius 3 is 2.85 bits per heavy atom. The van der Waals surface area contributed by atoms with E-state index in [9.17, 15) is 0 Å². The van der Waals surface area contributed by atoms with Gasteiger partial charge in [-0.05, 0) is 17.7 Å². The van der Waals surface area contributed by atoms with Gasteiger partial charge in [0, 0.05) is 25.1 Å². The van der Waals surface area contributed by atoms with Crippen LogP contribution in [0.4, 0.5) is 5.69 Å². The summed E-state index contributed by atoms with van der Waals surface area (Å²) in [4.78, 5) is 3.94. The molecule has 0 aromatic carbocycles. The van der Waals surface area contributed by atoms with Gasteiger partial charge in [0.1, 0.15) is 0 Å². The maximum absolute atomic E-state index is 3.94. The molecule has 2 heterocycles. The predicted molar refractivity (Wildman–Crippen MR) is 50.2 cm³/mol. The molecule has 0 fully saturated rings. The molecule has 66 valence electrons. The highest BCUT2D eigenvalue weighted by Gasteiger charge is 1.92. The molecule has 2 N–H and O–H groups in total. The van der Waals surface area contributed by atoms with Gasteiger partial charge in [0.25, 0.3) is 0 Å². The molecule has 0 unspecified atom stereocenters. The van der Waals surface area contributed by atoms with Gasteiger partial charge >= 0.3 is 0 Å². The molecule has 0 saturated carbocycles. The minimum absolute atomic E-state index is 0.794. The van der Waals surface area contributed by atoms with Crippen LogP contribution in [0.25, 0.3) is 0 Å². The maximum Gasteiger partial charge on any atom is 0.0726 e. The molecule has 0 bridgehead atoms. The first-order chi connectivity index (χ1) is 6.45. The number of anilines is 1. The van der Waals surface area contributed by atoms with Crippen LogP contribution in [0.1, 0.15) is 5.56 Å². The van der Waals surface area contributed by atoms with Crippen LogP contribution in [0.3, 0.4) is 0 Å². The van der Waals surface area contributed by atoms with Crippen molar-refractivity contribution in [2.75, 3.05) is 5.32 Å². The molecule has 0 amide bonds. The molecule has 0 atom stereocenters. The zero-order valence-corrected chi connectivity index (χ0v) is 7.07. The molecule has 4 nitrogen and oxygen atoms in total. The van der Waals surface area contributed by atoms with E-state index in [1.165, 1.54) is 5.56 Å². The Labute approximate surface area is 76.0 Å². The fourth-order valence-corrected chi connectivity index (χ4v) is 1.05. The van der Waals surface area contributed by atoms with Gasteiger partial charge in [0.2, 0.25) is 0 Å². The Balaban J connectivity index is 1.94. The topological polar surface area (TPSA) is 53.6 Å². The lowest BCUT2D eigenvalue weighted by molar-refractivity contribution is 1.09. The van der Waals surface area contributed by atoms with Gasteiger partial charge in [0.05, 0.1) is 11.9 Å². The highest BCUT2D eigenvalue weighted by molar-refractivity contribution is 5.38. The smallest absolute Gasteiger partial charge is 0.0726 e. The summed E-state index contributed by atoms with van der Waals surface area (Å²) in [6, 6.07) is 3.96. The van der Waals surface area contributed by atoms with Gasteiger partial charge in [-0.2, -0.15) is 5.10 Å². The van der Waals surface area contributed by atoms with Crippen LogP contribution in [0.5, 0.6) is 0 Å². The standard InChI is InChI=1S/C9H10N4/c1-3-10-4-2-8(1)5-11-9-6-12-13-7-9/h1-4,6-7,11H,5H2,(H,12,13). The van der Waals surface area contributed by atoms with Crippen LogP contribution in [0.2, 0.25) is 0 Å². The fraction of sp³-hybridized carbons (Fsp3) is 0.111. The highest BCUT2D eigenvalue weighted by atomic mass is 15.1. The summed E-state index contributed by atoms with van der Waals surface area (Å²) in [5.74, 6) is 0. The van der Waals surface area contributed by atoms with Gasteiger partial charge < -0.3 is 5.32 Å². The Kier molecular flexibility index (Phi) is 2.22. The van der Waals surface area contributed by atoms with E-state index < -0.39 is 0 Å². The predicted octanol–water partition coefficient (Wildman–Crippen LogP) is 1.42. The number of H-pyrrole nitrogens is 1. The molecule has 2 rings (SSSR count). The van der Waals surface area contributed by atoms with Crippen LogP contribution in [0.15, 0.2) is 36.9 Å². The van der Waals surface area contributed by atoms with Crippen molar-refractivity contribution in [2.45, 2.75) is 6.54 Å². The van der Waals surface area contributed by atoms with E-state index in [0.29, 0.717) is 0 Å². The summed E-state index contributed by atoms with van der Waals surface area (Å²) >= 11 is 0. The lowest BCUT2D eigenvalue weighted by Gasteiger charge is -2.01. The molecular formula is C9H10N4. The van der Waals surface area contributed by atoms with E-state index in [2.05, 4.69) is 20.5 Å². The van der Waals surface area contributed by atoms with E-state index in [4.69, 9.17) is 0 Å². The first-order valence-electron chi connectivity index (χ1n) is 4.07. The maximum atomic E-state index is 3.94. The van der Waals surface area contributed by atoms with Crippen molar-refractivity contribution < 1.29 is 0 Å². The van der Waals surface area contributed by atoms with E-state index in [1.54, 1.807) is 18.6 Å². The zero-order valence-electron chi connectivity index (χ0n) is 7.07. The lowest BCUT2D eigenvalue weighted by Crippen LogP contribution is -1.97. The van der Waals surface area contributed by atoms with Gasteiger partial charge in [0.15, 0.2) is 0 Å². The summed E-state index contributed by atoms with van der Waals surface area (Å²) in [6.45, 7) is 0.794. The van der Waals surface area contributed by atoms with Crippen LogP contribution >= 0.6 is 0 Å². The molecule has 13 heavy (non-hydrogen) atoms. The Hall–Kier alpha value is -1.84. The number of nitrogens with zero attached hydrogens (tertiary/aromatic N) is 2. The average molecular weight is 174 g/mol. The fourth-order valence-electron chi connectivity index (χ4n) is 1.05. The second-order valence-corrected chi connectivity index (χ2v) is 2.70. The first kappa shape index (κ1) is 7.79. The Morgan fingerprint density at radius 2 is 2.15 bits per heavy atom. The molecule has 0 spiro atoms. The van der Waals surface area contributed by atoms with Gasteiger partial charge in [-0.1, -0.05) is 0 Å². The van der Waals surface area contributed by atoms with Crippen molar-refractivity contribution in [2.24, 2.45) is 0 Å². The van der Waals surface area contributed by atoms with E-state index in [0.717, 1.165) is 12.2 Å². The third kappa shape index (κ3) is 2.05. The molecular weight excluding hydrogens is 164 g/mol. The van der Waals surface area contributed by atoms with E-state index in [-0.39, 0.29) is 0 Å². The Bertz CT molecular complexity index is 341. The molecule has 0 saturated heterocycles. The number of aromatic nitrogens is 3. The van der Waals surface area contributed by atoms with Crippen molar-refractivity contribution in [1.29, 1.82) is 0 Å². The van der Waals surface area contributed by atoms with Gasteiger partial charge in [-0.25, -0.2) is 0 Å². The van der Waals surface area contributed by atoms with E-state index >= 15 is 0 Å². The number of hydrogen-bond acceptors (Lipinski definition) is 3. The molecule has 4 heteroatoms. The van der Waals surface area contributed by atoms with Gasteiger partial charge in [-0.15, -0.1) is 0 Å². The second-order valence-electron chi connectivity index (χ2n) is 2.70. The molecule has 2 aromatic heterocycles. The molecule has 0 aliphatic heterocycles. The summed E-state index contributed by atoms with van der Waals surface area (Å²) in [5, 5.41) is 9.80. The molecule has 0 aliphatic rings. The number of nitrogens with one attached hydrogen (secondary N) is 2. The van der Waals surface area contributed by atoms with Gasteiger partial charge in [-0.3, -0.25) is 10.1 Å². The SMILES string of the molecule is c1cc(CNc2cn[nH]c2)ccn1.